The SMILES string of the molecule is COc1c(F)ccc(CN(Cc2ccccn2)C[C@H]2CCCO2)c1F. The van der Waals surface area contributed by atoms with Gasteiger partial charge in [0, 0.05) is 38.0 Å². The van der Waals surface area contributed by atoms with Crippen molar-refractivity contribution in [2.75, 3.05) is 20.3 Å². The predicted molar refractivity (Wildman–Crippen MR) is 90.2 cm³/mol. The van der Waals surface area contributed by atoms with Gasteiger partial charge in [0.25, 0.3) is 0 Å². The number of aromatic nitrogens is 1. The summed E-state index contributed by atoms with van der Waals surface area (Å²) in [5, 5.41) is 0. The van der Waals surface area contributed by atoms with Crippen LogP contribution in [-0.4, -0.2) is 36.2 Å². The van der Waals surface area contributed by atoms with Crippen LogP contribution in [0.4, 0.5) is 8.78 Å². The molecule has 1 aromatic heterocycles. The van der Waals surface area contributed by atoms with Gasteiger partial charge in [-0.1, -0.05) is 12.1 Å². The molecule has 0 bridgehead atoms. The van der Waals surface area contributed by atoms with Gasteiger partial charge in [-0.2, -0.15) is 0 Å². The third-order valence-corrected chi connectivity index (χ3v) is 4.32. The van der Waals surface area contributed by atoms with Gasteiger partial charge < -0.3 is 9.47 Å². The summed E-state index contributed by atoms with van der Waals surface area (Å²) in [4.78, 5) is 6.42. The molecule has 1 atom stereocenters. The summed E-state index contributed by atoms with van der Waals surface area (Å²) in [5.74, 6) is -1.69. The van der Waals surface area contributed by atoms with E-state index in [2.05, 4.69) is 9.88 Å². The van der Waals surface area contributed by atoms with Crippen LogP contribution in [0.1, 0.15) is 24.1 Å². The Morgan fingerprint density at radius 2 is 2.12 bits per heavy atom. The first kappa shape index (κ1) is 17.8. The molecule has 0 radical (unpaired) electrons. The van der Waals surface area contributed by atoms with Crippen LogP contribution < -0.4 is 4.74 Å². The van der Waals surface area contributed by atoms with Crippen molar-refractivity contribution in [1.29, 1.82) is 0 Å². The number of methoxy groups -OCH3 is 1. The van der Waals surface area contributed by atoms with Crippen LogP contribution in [0, 0.1) is 11.6 Å². The van der Waals surface area contributed by atoms with Crippen molar-refractivity contribution in [3.8, 4) is 5.75 Å². The molecule has 6 heteroatoms. The Morgan fingerprint density at radius 3 is 2.80 bits per heavy atom. The second-order valence-corrected chi connectivity index (χ2v) is 6.18. The summed E-state index contributed by atoms with van der Waals surface area (Å²) in [5.41, 5.74) is 1.29. The van der Waals surface area contributed by atoms with Crippen molar-refractivity contribution in [2.24, 2.45) is 0 Å². The van der Waals surface area contributed by atoms with Crippen molar-refractivity contribution in [1.82, 2.24) is 9.88 Å². The summed E-state index contributed by atoms with van der Waals surface area (Å²) in [6.07, 6.45) is 3.91. The number of hydrogen-bond donors (Lipinski definition) is 0. The fourth-order valence-corrected chi connectivity index (χ4v) is 3.11. The Hall–Kier alpha value is -2.05. The first-order valence-corrected chi connectivity index (χ1v) is 8.42. The molecule has 0 spiro atoms. The van der Waals surface area contributed by atoms with E-state index in [1.807, 2.05) is 18.2 Å². The van der Waals surface area contributed by atoms with Crippen LogP contribution in [0.2, 0.25) is 0 Å². The second kappa shape index (κ2) is 8.36. The van der Waals surface area contributed by atoms with Crippen LogP contribution in [0.3, 0.4) is 0 Å². The minimum Gasteiger partial charge on any atom is -0.491 e. The molecule has 1 aliphatic rings. The molecule has 2 aromatic rings. The van der Waals surface area contributed by atoms with E-state index in [1.165, 1.54) is 19.2 Å². The van der Waals surface area contributed by atoms with E-state index >= 15 is 0 Å². The lowest BCUT2D eigenvalue weighted by molar-refractivity contribution is 0.0670. The Morgan fingerprint density at radius 1 is 1.24 bits per heavy atom. The second-order valence-electron chi connectivity index (χ2n) is 6.18. The normalized spacial score (nSPS) is 17.2. The quantitative estimate of drug-likeness (QED) is 0.766. The summed E-state index contributed by atoms with van der Waals surface area (Å²) < 4.78 is 38.7. The molecule has 0 saturated carbocycles. The number of halogens is 2. The van der Waals surface area contributed by atoms with Gasteiger partial charge in [0.15, 0.2) is 17.4 Å². The highest BCUT2D eigenvalue weighted by atomic mass is 19.1. The lowest BCUT2D eigenvalue weighted by atomic mass is 10.1. The smallest absolute Gasteiger partial charge is 0.190 e. The number of ether oxygens (including phenoxy) is 2. The van der Waals surface area contributed by atoms with Gasteiger partial charge in [0.05, 0.1) is 18.9 Å². The van der Waals surface area contributed by atoms with Crippen molar-refractivity contribution in [3.63, 3.8) is 0 Å². The molecular weight excluding hydrogens is 326 g/mol. The van der Waals surface area contributed by atoms with E-state index in [-0.39, 0.29) is 11.9 Å². The minimum atomic E-state index is -0.695. The average molecular weight is 348 g/mol. The standard InChI is InChI=1S/C19H22F2N2O2/c1-24-19-17(20)8-7-14(18(19)21)11-23(13-16-6-4-10-25-16)12-15-5-2-3-9-22-15/h2-3,5,7-9,16H,4,6,10-13H2,1H3/t16-/m1/s1. The third-order valence-electron chi connectivity index (χ3n) is 4.32. The fraction of sp³-hybridized carbons (Fsp3) is 0.421. The molecule has 4 nitrogen and oxygen atoms in total. The first-order chi connectivity index (χ1) is 12.2. The van der Waals surface area contributed by atoms with E-state index in [1.54, 1.807) is 6.20 Å². The fourth-order valence-electron chi connectivity index (χ4n) is 3.11. The molecule has 1 aromatic carbocycles. The van der Waals surface area contributed by atoms with Gasteiger partial charge in [-0.05, 0) is 31.0 Å². The van der Waals surface area contributed by atoms with Crippen LogP contribution in [-0.2, 0) is 17.8 Å². The molecule has 1 aliphatic heterocycles. The van der Waals surface area contributed by atoms with E-state index < -0.39 is 11.6 Å². The largest absolute Gasteiger partial charge is 0.491 e. The zero-order valence-electron chi connectivity index (χ0n) is 14.3. The van der Waals surface area contributed by atoms with E-state index in [0.717, 1.165) is 25.1 Å². The lowest BCUT2D eigenvalue weighted by Gasteiger charge is -2.25. The molecule has 1 saturated heterocycles. The zero-order valence-corrected chi connectivity index (χ0v) is 14.3. The Kier molecular flexibility index (Phi) is 5.94. The maximum atomic E-state index is 14.5. The number of benzene rings is 1. The van der Waals surface area contributed by atoms with E-state index in [0.29, 0.717) is 25.2 Å². The molecular formula is C19H22F2N2O2. The maximum absolute atomic E-state index is 14.5. The predicted octanol–water partition coefficient (Wildman–Crippen LogP) is 3.55. The number of nitrogens with zero attached hydrogens (tertiary/aromatic N) is 2. The first-order valence-electron chi connectivity index (χ1n) is 8.42. The maximum Gasteiger partial charge on any atom is 0.190 e. The summed E-state index contributed by atoms with van der Waals surface area (Å²) in [6, 6.07) is 8.42. The highest BCUT2D eigenvalue weighted by Crippen LogP contribution is 2.26. The Balaban J connectivity index is 1.79. The lowest BCUT2D eigenvalue weighted by Crippen LogP contribution is -2.32. The van der Waals surface area contributed by atoms with E-state index in [9.17, 15) is 8.78 Å². The monoisotopic (exact) mass is 348 g/mol. The van der Waals surface area contributed by atoms with Crippen LogP contribution >= 0.6 is 0 Å². The molecule has 0 unspecified atom stereocenters. The molecule has 25 heavy (non-hydrogen) atoms. The zero-order chi connectivity index (χ0) is 17.6. The van der Waals surface area contributed by atoms with Gasteiger partial charge in [0.1, 0.15) is 0 Å². The van der Waals surface area contributed by atoms with Crippen molar-refractivity contribution < 1.29 is 18.3 Å². The third kappa shape index (κ3) is 4.52. The highest BCUT2D eigenvalue weighted by molar-refractivity contribution is 5.32. The Bertz CT molecular complexity index is 691. The van der Waals surface area contributed by atoms with Gasteiger partial charge in [0.2, 0.25) is 0 Å². The molecule has 2 heterocycles. The summed E-state index contributed by atoms with van der Waals surface area (Å²) in [7, 11) is 1.27. The van der Waals surface area contributed by atoms with Crippen molar-refractivity contribution in [3.05, 3.63) is 59.4 Å². The van der Waals surface area contributed by atoms with Crippen molar-refractivity contribution in [2.45, 2.75) is 32.0 Å². The minimum absolute atomic E-state index is 0.133. The van der Waals surface area contributed by atoms with Crippen LogP contribution in [0.15, 0.2) is 36.5 Å². The summed E-state index contributed by atoms with van der Waals surface area (Å²) >= 11 is 0. The molecule has 0 aliphatic carbocycles. The molecule has 0 N–H and O–H groups in total. The number of hydrogen-bond acceptors (Lipinski definition) is 4. The molecule has 0 amide bonds. The molecule has 1 fully saturated rings. The van der Waals surface area contributed by atoms with Gasteiger partial charge in [-0.25, -0.2) is 8.78 Å². The number of pyridine rings is 1. The highest BCUT2D eigenvalue weighted by Gasteiger charge is 2.22. The van der Waals surface area contributed by atoms with Crippen LogP contribution in [0.25, 0.3) is 0 Å². The van der Waals surface area contributed by atoms with Crippen LogP contribution in [0.5, 0.6) is 5.75 Å². The summed E-state index contributed by atoms with van der Waals surface area (Å²) in [6.45, 7) is 2.34. The van der Waals surface area contributed by atoms with Crippen molar-refractivity contribution >= 4 is 0 Å². The molecule has 3 rings (SSSR count). The van der Waals surface area contributed by atoms with E-state index in [4.69, 9.17) is 9.47 Å². The van der Waals surface area contributed by atoms with Gasteiger partial charge in [-0.15, -0.1) is 0 Å². The van der Waals surface area contributed by atoms with Gasteiger partial charge >= 0.3 is 0 Å². The van der Waals surface area contributed by atoms with Gasteiger partial charge in [-0.3, -0.25) is 9.88 Å². The topological polar surface area (TPSA) is 34.6 Å². The average Bonchev–Trinajstić information content (AvgIpc) is 3.12. The number of rotatable bonds is 7. The Labute approximate surface area is 146 Å². The molecule has 134 valence electrons.